The first kappa shape index (κ1) is 16.3. The first-order chi connectivity index (χ1) is 11.7. The highest BCUT2D eigenvalue weighted by Gasteiger charge is 2.31. The molecule has 1 atom stereocenters. The van der Waals surface area contributed by atoms with Gasteiger partial charge >= 0.3 is 6.03 Å². The zero-order valence-corrected chi connectivity index (χ0v) is 14.1. The molecule has 0 aliphatic carbocycles. The molecule has 2 aromatic rings. The van der Waals surface area contributed by atoms with Crippen LogP contribution < -0.4 is 20.3 Å². The minimum absolute atomic E-state index is 0.00758. The average Bonchev–Trinajstić information content (AvgIpc) is 3.22. The summed E-state index contributed by atoms with van der Waals surface area (Å²) in [5.41, 5.74) is 0.780. The van der Waals surface area contributed by atoms with Gasteiger partial charge in [0.2, 0.25) is 5.91 Å². The number of nitrogens with zero attached hydrogens (tertiary/aromatic N) is 1. The van der Waals surface area contributed by atoms with Crippen molar-refractivity contribution < 1.29 is 14.3 Å². The second-order valence-corrected chi connectivity index (χ2v) is 6.55. The molecule has 1 aromatic heterocycles. The molecule has 1 aromatic carbocycles. The Morgan fingerprint density at radius 3 is 3.00 bits per heavy atom. The smallest absolute Gasteiger partial charge is 0.315 e. The number of anilines is 1. The normalized spacial score (nSPS) is 17.0. The summed E-state index contributed by atoms with van der Waals surface area (Å²) in [5.74, 6) is 0.692. The van der Waals surface area contributed by atoms with Gasteiger partial charge in [-0.3, -0.25) is 4.79 Å². The van der Waals surface area contributed by atoms with Crippen molar-refractivity contribution in [2.45, 2.75) is 19.0 Å². The monoisotopic (exact) mass is 345 g/mol. The minimum Gasteiger partial charge on any atom is -0.497 e. The lowest BCUT2D eigenvalue weighted by molar-refractivity contribution is -0.117. The van der Waals surface area contributed by atoms with Gasteiger partial charge in [-0.05, 0) is 23.6 Å². The fourth-order valence-corrected chi connectivity index (χ4v) is 3.29. The highest BCUT2D eigenvalue weighted by molar-refractivity contribution is 7.09. The van der Waals surface area contributed by atoms with Gasteiger partial charge < -0.3 is 20.3 Å². The van der Waals surface area contributed by atoms with Gasteiger partial charge in [0.1, 0.15) is 5.75 Å². The van der Waals surface area contributed by atoms with Gasteiger partial charge in [-0.2, -0.15) is 0 Å². The van der Waals surface area contributed by atoms with Gasteiger partial charge in [-0.1, -0.05) is 12.1 Å². The SMILES string of the molecule is COc1cccc(N2C[C@@H](NC(=O)NCc3cccs3)CC2=O)c1. The predicted molar refractivity (Wildman–Crippen MR) is 93.4 cm³/mol. The van der Waals surface area contributed by atoms with Crippen LogP contribution in [0.15, 0.2) is 41.8 Å². The largest absolute Gasteiger partial charge is 0.497 e. The van der Waals surface area contributed by atoms with Crippen LogP contribution in [-0.2, 0) is 11.3 Å². The maximum atomic E-state index is 12.2. The van der Waals surface area contributed by atoms with E-state index in [0.29, 0.717) is 25.3 Å². The fourth-order valence-electron chi connectivity index (χ4n) is 2.65. The lowest BCUT2D eigenvalue weighted by atomic mass is 10.2. The van der Waals surface area contributed by atoms with Crippen LogP contribution in [0.5, 0.6) is 5.75 Å². The maximum Gasteiger partial charge on any atom is 0.315 e. The van der Waals surface area contributed by atoms with Crippen LogP contribution in [0, 0.1) is 0 Å². The number of hydrogen-bond acceptors (Lipinski definition) is 4. The number of nitrogens with one attached hydrogen (secondary N) is 2. The Bertz CT molecular complexity index is 718. The van der Waals surface area contributed by atoms with E-state index in [1.165, 1.54) is 0 Å². The minimum atomic E-state index is -0.256. The summed E-state index contributed by atoms with van der Waals surface area (Å²) in [6.07, 6.45) is 0.295. The highest BCUT2D eigenvalue weighted by Crippen LogP contribution is 2.25. The molecule has 1 aliphatic rings. The third-order valence-corrected chi connectivity index (χ3v) is 4.70. The van der Waals surface area contributed by atoms with Crippen LogP contribution in [0.4, 0.5) is 10.5 Å². The molecule has 1 aliphatic heterocycles. The van der Waals surface area contributed by atoms with E-state index in [1.54, 1.807) is 23.3 Å². The van der Waals surface area contributed by atoms with E-state index in [2.05, 4.69) is 10.6 Å². The van der Waals surface area contributed by atoms with Crippen molar-refractivity contribution in [2.75, 3.05) is 18.6 Å². The quantitative estimate of drug-likeness (QED) is 0.874. The summed E-state index contributed by atoms with van der Waals surface area (Å²) < 4.78 is 5.19. The predicted octanol–water partition coefficient (Wildman–Crippen LogP) is 2.36. The number of ether oxygens (including phenoxy) is 1. The summed E-state index contributed by atoms with van der Waals surface area (Å²) in [7, 11) is 1.59. The van der Waals surface area contributed by atoms with Gasteiger partial charge in [0.15, 0.2) is 0 Å². The Morgan fingerprint density at radius 1 is 1.38 bits per heavy atom. The van der Waals surface area contributed by atoms with Crippen molar-refractivity contribution in [3.8, 4) is 5.75 Å². The van der Waals surface area contributed by atoms with E-state index in [0.717, 1.165) is 10.6 Å². The lowest BCUT2D eigenvalue weighted by Crippen LogP contribution is -2.43. The van der Waals surface area contributed by atoms with Crippen molar-refractivity contribution >= 4 is 29.0 Å². The standard InChI is InChI=1S/C17H19N3O3S/c1-23-14-5-2-4-13(9-14)20-11-12(8-16(20)21)19-17(22)18-10-15-6-3-7-24-15/h2-7,9,12H,8,10-11H2,1H3,(H2,18,19,22)/t12-/m0/s1. The summed E-state index contributed by atoms with van der Waals surface area (Å²) in [6.45, 7) is 0.947. The van der Waals surface area contributed by atoms with Gasteiger partial charge in [-0.25, -0.2) is 4.79 Å². The Kier molecular flexibility index (Phi) is 5.00. The Hall–Kier alpha value is -2.54. The van der Waals surface area contributed by atoms with Crippen LogP contribution in [0.25, 0.3) is 0 Å². The Balaban J connectivity index is 1.55. The highest BCUT2D eigenvalue weighted by atomic mass is 32.1. The lowest BCUT2D eigenvalue weighted by Gasteiger charge is -2.18. The Morgan fingerprint density at radius 2 is 2.25 bits per heavy atom. The molecule has 2 N–H and O–H groups in total. The molecule has 2 heterocycles. The maximum absolute atomic E-state index is 12.2. The van der Waals surface area contributed by atoms with Gasteiger partial charge in [-0.15, -0.1) is 11.3 Å². The van der Waals surface area contributed by atoms with Crippen LogP contribution in [0.2, 0.25) is 0 Å². The first-order valence-electron chi connectivity index (χ1n) is 7.67. The van der Waals surface area contributed by atoms with Crippen LogP contribution >= 0.6 is 11.3 Å². The molecule has 24 heavy (non-hydrogen) atoms. The number of methoxy groups -OCH3 is 1. The van der Waals surface area contributed by atoms with E-state index in [9.17, 15) is 9.59 Å². The molecule has 0 saturated carbocycles. The summed E-state index contributed by atoms with van der Waals surface area (Å²) in [4.78, 5) is 27.0. The molecule has 1 fully saturated rings. The fraction of sp³-hybridized carbons (Fsp3) is 0.294. The van der Waals surface area contributed by atoms with E-state index < -0.39 is 0 Å². The number of carbonyl (C=O) groups is 2. The van der Waals surface area contributed by atoms with E-state index >= 15 is 0 Å². The molecular formula is C17H19N3O3S. The van der Waals surface area contributed by atoms with Gasteiger partial charge in [0, 0.05) is 29.6 Å². The molecule has 3 rings (SSSR count). The van der Waals surface area contributed by atoms with Crippen LogP contribution in [0.3, 0.4) is 0 Å². The molecule has 7 heteroatoms. The first-order valence-corrected chi connectivity index (χ1v) is 8.55. The number of benzene rings is 1. The molecule has 0 spiro atoms. The number of rotatable bonds is 5. The number of thiophene rings is 1. The molecule has 126 valence electrons. The summed E-state index contributed by atoms with van der Waals surface area (Å²) >= 11 is 1.59. The van der Waals surface area contributed by atoms with Crippen molar-refractivity contribution in [2.24, 2.45) is 0 Å². The number of amides is 3. The molecule has 0 radical (unpaired) electrons. The third kappa shape index (κ3) is 3.86. The molecule has 0 bridgehead atoms. The van der Waals surface area contributed by atoms with Crippen molar-refractivity contribution in [3.63, 3.8) is 0 Å². The number of urea groups is 1. The van der Waals surface area contributed by atoms with Crippen molar-refractivity contribution in [1.29, 1.82) is 0 Å². The second kappa shape index (κ2) is 7.35. The van der Waals surface area contributed by atoms with E-state index in [1.807, 2.05) is 41.8 Å². The van der Waals surface area contributed by atoms with Crippen LogP contribution in [0.1, 0.15) is 11.3 Å². The second-order valence-electron chi connectivity index (χ2n) is 5.51. The van der Waals surface area contributed by atoms with E-state index in [4.69, 9.17) is 4.74 Å². The van der Waals surface area contributed by atoms with Crippen molar-refractivity contribution in [3.05, 3.63) is 46.7 Å². The van der Waals surface area contributed by atoms with Crippen LogP contribution in [-0.4, -0.2) is 31.6 Å². The average molecular weight is 345 g/mol. The molecular weight excluding hydrogens is 326 g/mol. The topological polar surface area (TPSA) is 70.7 Å². The van der Waals surface area contributed by atoms with Gasteiger partial charge in [0.25, 0.3) is 0 Å². The van der Waals surface area contributed by atoms with E-state index in [-0.39, 0.29) is 18.0 Å². The number of hydrogen-bond donors (Lipinski definition) is 2. The molecule has 1 saturated heterocycles. The third-order valence-electron chi connectivity index (χ3n) is 3.83. The Labute approximate surface area is 144 Å². The summed E-state index contributed by atoms with van der Waals surface area (Å²) in [6, 6.07) is 10.8. The molecule has 6 nitrogen and oxygen atoms in total. The molecule has 0 unspecified atom stereocenters. The van der Waals surface area contributed by atoms with Gasteiger partial charge in [0.05, 0.1) is 19.7 Å². The zero-order valence-electron chi connectivity index (χ0n) is 13.3. The summed E-state index contributed by atoms with van der Waals surface area (Å²) in [5, 5.41) is 7.64. The zero-order chi connectivity index (χ0) is 16.9. The van der Waals surface area contributed by atoms with Crippen molar-refractivity contribution in [1.82, 2.24) is 10.6 Å². The molecule has 3 amide bonds. The number of carbonyl (C=O) groups excluding carboxylic acids is 2.